The highest BCUT2D eigenvalue weighted by atomic mass is 79.9. The zero-order valence-corrected chi connectivity index (χ0v) is 9.01. The van der Waals surface area contributed by atoms with Crippen LogP contribution >= 0.6 is 15.9 Å². The van der Waals surface area contributed by atoms with Gasteiger partial charge in [-0.1, -0.05) is 0 Å². The maximum Gasteiger partial charge on any atom is 0.144 e. The van der Waals surface area contributed by atoms with Gasteiger partial charge in [-0.3, -0.25) is 0 Å². The van der Waals surface area contributed by atoms with Crippen LogP contribution in [-0.2, 0) is 0 Å². The minimum absolute atomic E-state index is 0.385. The summed E-state index contributed by atoms with van der Waals surface area (Å²) < 4.78 is 0.904. The van der Waals surface area contributed by atoms with Crippen molar-refractivity contribution in [3.8, 4) is 0 Å². The van der Waals surface area contributed by atoms with Crippen LogP contribution in [0.3, 0.4) is 0 Å². The van der Waals surface area contributed by atoms with Crippen molar-refractivity contribution in [1.29, 1.82) is 0 Å². The van der Waals surface area contributed by atoms with E-state index in [1.54, 1.807) is 6.20 Å². The Hall–Kier alpha value is -0.640. The van der Waals surface area contributed by atoms with Crippen LogP contribution in [0.25, 0.3) is 0 Å². The SMILES string of the molecule is Cc1ncc(Br)c(NC(C)C)n1. The monoisotopic (exact) mass is 229 g/mol. The number of nitrogens with zero attached hydrogens (tertiary/aromatic N) is 2. The van der Waals surface area contributed by atoms with Crippen molar-refractivity contribution in [2.45, 2.75) is 26.8 Å². The molecule has 0 atom stereocenters. The first-order chi connectivity index (χ1) is 5.59. The number of hydrogen-bond donors (Lipinski definition) is 1. The molecule has 1 N–H and O–H groups in total. The molecule has 3 nitrogen and oxygen atoms in total. The van der Waals surface area contributed by atoms with Crippen LogP contribution in [0.15, 0.2) is 10.7 Å². The number of aryl methyl sites for hydroxylation is 1. The second-order valence-electron chi connectivity index (χ2n) is 2.91. The molecule has 1 aromatic heterocycles. The van der Waals surface area contributed by atoms with Gasteiger partial charge in [0.2, 0.25) is 0 Å². The molecule has 0 aliphatic carbocycles. The summed E-state index contributed by atoms with van der Waals surface area (Å²) in [6.07, 6.45) is 1.76. The van der Waals surface area contributed by atoms with Gasteiger partial charge in [0.05, 0.1) is 4.47 Å². The lowest BCUT2D eigenvalue weighted by Crippen LogP contribution is -2.12. The van der Waals surface area contributed by atoms with E-state index in [0.29, 0.717) is 6.04 Å². The lowest BCUT2D eigenvalue weighted by molar-refractivity contribution is 0.878. The third kappa shape index (κ3) is 2.44. The fraction of sp³-hybridized carbons (Fsp3) is 0.500. The molecule has 0 amide bonds. The van der Waals surface area contributed by atoms with Gasteiger partial charge in [-0.05, 0) is 36.7 Å². The molecule has 4 heteroatoms. The second kappa shape index (κ2) is 3.85. The summed E-state index contributed by atoms with van der Waals surface area (Å²) in [5.41, 5.74) is 0. The van der Waals surface area contributed by atoms with Crippen molar-refractivity contribution in [3.05, 3.63) is 16.5 Å². The average Bonchev–Trinajstić information content (AvgIpc) is 1.96. The van der Waals surface area contributed by atoms with Crippen LogP contribution in [0.1, 0.15) is 19.7 Å². The summed E-state index contributed by atoms with van der Waals surface area (Å²) >= 11 is 3.37. The van der Waals surface area contributed by atoms with Gasteiger partial charge in [0.1, 0.15) is 11.6 Å². The molecule has 0 bridgehead atoms. The highest BCUT2D eigenvalue weighted by molar-refractivity contribution is 9.10. The third-order valence-corrected chi connectivity index (χ3v) is 1.87. The van der Waals surface area contributed by atoms with Gasteiger partial charge in [0.25, 0.3) is 0 Å². The minimum atomic E-state index is 0.385. The Morgan fingerprint density at radius 1 is 1.50 bits per heavy atom. The minimum Gasteiger partial charge on any atom is -0.367 e. The first-order valence-electron chi connectivity index (χ1n) is 3.85. The second-order valence-corrected chi connectivity index (χ2v) is 3.77. The van der Waals surface area contributed by atoms with Gasteiger partial charge in [-0.25, -0.2) is 9.97 Å². The summed E-state index contributed by atoms with van der Waals surface area (Å²) in [5, 5.41) is 3.22. The van der Waals surface area contributed by atoms with Gasteiger partial charge in [-0.2, -0.15) is 0 Å². The third-order valence-electron chi connectivity index (χ3n) is 1.29. The Morgan fingerprint density at radius 2 is 2.17 bits per heavy atom. The van der Waals surface area contributed by atoms with Crippen molar-refractivity contribution < 1.29 is 0 Å². The average molecular weight is 230 g/mol. The molecule has 12 heavy (non-hydrogen) atoms. The Bertz CT molecular complexity index is 273. The van der Waals surface area contributed by atoms with E-state index in [1.807, 2.05) is 6.92 Å². The summed E-state index contributed by atoms with van der Waals surface area (Å²) in [6.45, 7) is 6.02. The first kappa shape index (κ1) is 9.45. The van der Waals surface area contributed by atoms with E-state index < -0.39 is 0 Å². The van der Waals surface area contributed by atoms with Crippen LogP contribution in [0.2, 0.25) is 0 Å². The van der Waals surface area contributed by atoms with Gasteiger partial charge in [0, 0.05) is 12.2 Å². The van der Waals surface area contributed by atoms with Crippen LogP contribution in [0, 0.1) is 6.92 Å². The molecule has 1 rings (SSSR count). The zero-order chi connectivity index (χ0) is 9.14. The number of hydrogen-bond acceptors (Lipinski definition) is 3. The molecule has 66 valence electrons. The van der Waals surface area contributed by atoms with Crippen molar-refractivity contribution in [1.82, 2.24) is 9.97 Å². The van der Waals surface area contributed by atoms with Gasteiger partial charge >= 0.3 is 0 Å². The van der Waals surface area contributed by atoms with Gasteiger partial charge in [-0.15, -0.1) is 0 Å². The number of halogens is 1. The molecule has 0 aromatic carbocycles. The summed E-state index contributed by atoms with van der Waals surface area (Å²) in [5.74, 6) is 1.64. The first-order valence-corrected chi connectivity index (χ1v) is 4.64. The summed E-state index contributed by atoms with van der Waals surface area (Å²) in [7, 11) is 0. The van der Waals surface area contributed by atoms with E-state index in [9.17, 15) is 0 Å². The highest BCUT2D eigenvalue weighted by Crippen LogP contribution is 2.18. The predicted octanol–water partition coefficient (Wildman–Crippen LogP) is 2.37. The Morgan fingerprint density at radius 3 is 2.75 bits per heavy atom. The highest BCUT2D eigenvalue weighted by Gasteiger charge is 2.02. The Labute approximate surface area is 80.7 Å². The van der Waals surface area contributed by atoms with E-state index in [1.165, 1.54) is 0 Å². The van der Waals surface area contributed by atoms with Crippen LogP contribution in [0.5, 0.6) is 0 Å². The van der Waals surface area contributed by atoms with Crippen molar-refractivity contribution in [2.24, 2.45) is 0 Å². The molecular weight excluding hydrogens is 218 g/mol. The van der Waals surface area contributed by atoms with Crippen LogP contribution in [0.4, 0.5) is 5.82 Å². The predicted molar refractivity (Wildman–Crippen MR) is 53.2 cm³/mol. The molecule has 0 fully saturated rings. The Kier molecular flexibility index (Phi) is 3.03. The molecule has 1 heterocycles. The zero-order valence-electron chi connectivity index (χ0n) is 7.43. The fourth-order valence-corrected chi connectivity index (χ4v) is 1.14. The van der Waals surface area contributed by atoms with E-state index in [2.05, 4.69) is 45.1 Å². The van der Waals surface area contributed by atoms with Crippen molar-refractivity contribution >= 4 is 21.7 Å². The van der Waals surface area contributed by atoms with Crippen LogP contribution in [-0.4, -0.2) is 16.0 Å². The Balaban J connectivity index is 2.90. The van der Waals surface area contributed by atoms with Crippen LogP contribution < -0.4 is 5.32 Å². The fourth-order valence-electron chi connectivity index (χ4n) is 0.830. The van der Waals surface area contributed by atoms with Crippen molar-refractivity contribution in [3.63, 3.8) is 0 Å². The molecule has 0 radical (unpaired) electrons. The topological polar surface area (TPSA) is 37.8 Å². The maximum absolute atomic E-state index is 4.24. The molecule has 1 aromatic rings. The quantitative estimate of drug-likeness (QED) is 0.847. The molecule has 0 saturated heterocycles. The number of nitrogens with one attached hydrogen (secondary N) is 1. The van der Waals surface area contributed by atoms with E-state index in [4.69, 9.17) is 0 Å². The van der Waals surface area contributed by atoms with E-state index >= 15 is 0 Å². The smallest absolute Gasteiger partial charge is 0.144 e. The molecular formula is C8H12BrN3. The lowest BCUT2D eigenvalue weighted by atomic mass is 10.4. The molecule has 0 saturated carbocycles. The number of rotatable bonds is 2. The van der Waals surface area contributed by atoms with Gasteiger partial charge in [0.15, 0.2) is 0 Å². The van der Waals surface area contributed by atoms with E-state index in [-0.39, 0.29) is 0 Å². The molecule has 0 aliphatic rings. The van der Waals surface area contributed by atoms with Crippen molar-refractivity contribution in [2.75, 3.05) is 5.32 Å². The number of aromatic nitrogens is 2. The standard InChI is InChI=1S/C8H12BrN3/c1-5(2)11-8-7(9)4-10-6(3)12-8/h4-5H,1-3H3,(H,10,11,12). The molecule has 0 aliphatic heterocycles. The largest absolute Gasteiger partial charge is 0.367 e. The summed E-state index contributed by atoms with van der Waals surface area (Å²) in [4.78, 5) is 8.29. The van der Waals surface area contributed by atoms with E-state index in [0.717, 1.165) is 16.1 Å². The summed E-state index contributed by atoms with van der Waals surface area (Å²) in [6, 6.07) is 0.385. The number of anilines is 1. The maximum atomic E-state index is 4.24. The molecule has 0 unspecified atom stereocenters. The van der Waals surface area contributed by atoms with Gasteiger partial charge < -0.3 is 5.32 Å². The molecule has 0 spiro atoms. The lowest BCUT2D eigenvalue weighted by Gasteiger charge is -2.10. The normalized spacial score (nSPS) is 10.4.